The van der Waals surface area contributed by atoms with Gasteiger partial charge in [0, 0.05) is 37.9 Å². The van der Waals surface area contributed by atoms with Crippen LogP contribution in [0.5, 0.6) is 0 Å². The second-order valence-corrected chi connectivity index (χ2v) is 7.42. The molecule has 0 N–H and O–H groups in total. The van der Waals surface area contributed by atoms with Crippen molar-refractivity contribution >= 4 is 11.7 Å². The minimum Gasteiger partial charge on any atom is -0.451 e. The fourth-order valence-electron chi connectivity index (χ4n) is 3.49. The number of furan rings is 1. The summed E-state index contributed by atoms with van der Waals surface area (Å²) in [6, 6.07) is 9.69. The zero-order chi connectivity index (χ0) is 23.8. The molecule has 0 unspecified atom stereocenters. The Kier molecular flexibility index (Phi) is 5.81. The summed E-state index contributed by atoms with van der Waals surface area (Å²) in [5, 5.41) is 0. The van der Waals surface area contributed by atoms with E-state index in [9.17, 15) is 31.1 Å². The highest BCUT2D eigenvalue weighted by atomic mass is 19.4. The number of carbonyl (C=O) groups is 1. The fraction of sp³-hybridized carbons (Fsp3) is 0.273. The molecule has 1 saturated heterocycles. The van der Waals surface area contributed by atoms with Crippen LogP contribution < -0.4 is 4.90 Å². The van der Waals surface area contributed by atoms with Crippen LogP contribution in [0.15, 0.2) is 59.1 Å². The number of hydrogen-bond acceptors (Lipinski definition) is 4. The number of anilines is 1. The van der Waals surface area contributed by atoms with E-state index in [2.05, 4.69) is 4.98 Å². The highest BCUT2D eigenvalue weighted by Gasteiger charge is 2.32. The number of rotatable bonds is 3. The molecule has 1 aliphatic heterocycles. The molecule has 2 aromatic heterocycles. The van der Waals surface area contributed by atoms with Crippen molar-refractivity contribution in [3.63, 3.8) is 0 Å². The Bertz CT molecular complexity index is 1130. The molecule has 5 nitrogen and oxygen atoms in total. The van der Waals surface area contributed by atoms with Crippen molar-refractivity contribution in [2.75, 3.05) is 31.1 Å². The Labute approximate surface area is 184 Å². The van der Waals surface area contributed by atoms with Crippen molar-refractivity contribution in [2.24, 2.45) is 0 Å². The second-order valence-electron chi connectivity index (χ2n) is 7.42. The zero-order valence-electron chi connectivity index (χ0n) is 17.0. The number of halogens is 6. The summed E-state index contributed by atoms with van der Waals surface area (Å²) in [5.41, 5.74) is -1.46. The molecule has 1 aromatic carbocycles. The molecule has 11 heteroatoms. The number of aromatic nitrogens is 1. The fourth-order valence-corrected chi connectivity index (χ4v) is 3.49. The summed E-state index contributed by atoms with van der Waals surface area (Å²) >= 11 is 0. The van der Waals surface area contributed by atoms with E-state index in [1.807, 2.05) is 0 Å². The third kappa shape index (κ3) is 4.96. The summed E-state index contributed by atoms with van der Waals surface area (Å²) in [6.45, 7) is 1.26. The number of benzene rings is 1. The first kappa shape index (κ1) is 22.7. The van der Waals surface area contributed by atoms with Gasteiger partial charge in [-0.05, 0) is 36.4 Å². The second kappa shape index (κ2) is 8.45. The summed E-state index contributed by atoms with van der Waals surface area (Å²) in [6.07, 6.45) is -8.19. The molecule has 0 saturated carbocycles. The molecule has 3 aromatic rings. The van der Waals surface area contributed by atoms with Gasteiger partial charge in [-0.3, -0.25) is 4.79 Å². The highest BCUT2D eigenvalue weighted by molar-refractivity contribution is 5.92. The predicted octanol–water partition coefficient (Wildman–Crippen LogP) is 5.34. The Hall–Kier alpha value is -3.50. The van der Waals surface area contributed by atoms with Crippen molar-refractivity contribution in [1.29, 1.82) is 0 Å². The summed E-state index contributed by atoms with van der Waals surface area (Å²) in [4.78, 5) is 19.9. The molecule has 0 aliphatic carbocycles. The zero-order valence-corrected chi connectivity index (χ0v) is 17.0. The molecule has 3 heterocycles. The lowest BCUT2D eigenvalue weighted by atomic mass is 10.1. The van der Waals surface area contributed by atoms with Crippen molar-refractivity contribution in [1.82, 2.24) is 9.88 Å². The quantitative estimate of drug-likeness (QED) is 0.486. The third-order valence-corrected chi connectivity index (χ3v) is 5.26. The molecule has 33 heavy (non-hydrogen) atoms. The molecule has 0 spiro atoms. The number of alkyl halides is 6. The molecule has 0 atom stereocenters. The Morgan fingerprint density at radius 1 is 0.848 bits per heavy atom. The summed E-state index contributed by atoms with van der Waals surface area (Å²) < 4.78 is 82.4. The monoisotopic (exact) mass is 469 g/mol. The first-order valence-electron chi connectivity index (χ1n) is 9.87. The van der Waals surface area contributed by atoms with Crippen molar-refractivity contribution in [2.45, 2.75) is 12.4 Å². The number of piperazine rings is 1. The third-order valence-electron chi connectivity index (χ3n) is 5.26. The number of pyridine rings is 1. The van der Waals surface area contributed by atoms with Gasteiger partial charge in [0.05, 0.1) is 11.1 Å². The molecule has 1 fully saturated rings. The van der Waals surface area contributed by atoms with E-state index in [1.165, 1.54) is 35.2 Å². The van der Waals surface area contributed by atoms with Crippen LogP contribution in [0, 0.1) is 0 Å². The molecule has 0 radical (unpaired) electrons. The van der Waals surface area contributed by atoms with Crippen LogP contribution in [0.25, 0.3) is 11.3 Å². The van der Waals surface area contributed by atoms with Gasteiger partial charge in [0.25, 0.3) is 5.91 Å². The van der Waals surface area contributed by atoms with E-state index >= 15 is 0 Å². The number of hydrogen-bond donors (Lipinski definition) is 0. The highest BCUT2D eigenvalue weighted by Crippen LogP contribution is 2.33. The normalized spacial score (nSPS) is 15.1. The van der Waals surface area contributed by atoms with Gasteiger partial charge < -0.3 is 14.2 Å². The van der Waals surface area contributed by atoms with E-state index in [-0.39, 0.29) is 30.2 Å². The smallest absolute Gasteiger partial charge is 0.417 e. The van der Waals surface area contributed by atoms with Gasteiger partial charge in [0.2, 0.25) is 0 Å². The number of carbonyl (C=O) groups excluding carboxylic acids is 1. The molecular weight excluding hydrogens is 452 g/mol. The van der Waals surface area contributed by atoms with Gasteiger partial charge in [0.1, 0.15) is 11.6 Å². The van der Waals surface area contributed by atoms with Crippen LogP contribution in [0.3, 0.4) is 0 Å². The van der Waals surface area contributed by atoms with Crippen molar-refractivity contribution in [3.05, 3.63) is 71.6 Å². The average molecular weight is 469 g/mol. The van der Waals surface area contributed by atoms with Gasteiger partial charge in [-0.2, -0.15) is 26.3 Å². The first-order chi connectivity index (χ1) is 15.5. The SMILES string of the molecule is O=C(c1ccc(-c2cccc(C(F)(F)F)c2)o1)N1CCN(c2ccc(C(F)(F)F)cn2)CC1. The average Bonchev–Trinajstić information content (AvgIpc) is 3.28. The Morgan fingerprint density at radius 2 is 1.55 bits per heavy atom. The first-order valence-corrected chi connectivity index (χ1v) is 9.87. The molecule has 174 valence electrons. The molecule has 0 bridgehead atoms. The lowest BCUT2D eigenvalue weighted by molar-refractivity contribution is -0.138. The van der Waals surface area contributed by atoms with Gasteiger partial charge in [-0.1, -0.05) is 12.1 Å². The molecule has 4 rings (SSSR count). The largest absolute Gasteiger partial charge is 0.451 e. The van der Waals surface area contributed by atoms with Crippen LogP contribution in [-0.4, -0.2) is 42.0 Å². The summed E-state index contributed by atoms with van der Waals surface area (Å²) in [7, 11) is 0. The number of amides is 1. The number of nitrogens with zero attached hydrogens (tertiary/aromatic N) is 3. The molecular formula is C22H17F6N3O2. The minimum absolute atomic E-state index is 0.0106. The van der Waals surface area contributed by atoms with E-state index in [0.29, 0.717) is 18.9 Å². The topological polar surface area (TPSA) is 49.6 Å². The Morgan fingerprint density at radius 3 is 2.15 bits per heavy atom. The van der Waals surface area contributed by atoms with Crippen LogP contribution >= 0.6 is 0 Å². The van der Waals surface area contributed by atoms with E-state index in [1.54, 1.807) is 4.90 Å². The van der Waals surface area contributed by atoms with E-state index < -0.39 is 29.4 Å². The van der Waals surface area contributed by atoms with Crippen LogP contribution in [0.1, 0.15) is 21.7 Å². The van der Waals surface area contributed by atoms with Gasteiger partial charge >= 0.3 is 12.4 Å². The lowest BCUT2D eigenvalue weighted by Gasteiger charge is -2.35. The van der Waals surface area contributed by atoms with Crippen molar-refractivity contribution in [3.8, 4) is 11.3 Å². The van der Waals surface area contributed by atoms with Gasteiger partial charge in [0.15, 0.2) is 5.76 Å². The lowest BCUT2D eigenvalue weighted by Crippen LogP contribution is -2.49. The summed E-state index contributed by atoms with van der Waals surface area (Å²) in [5.74, 6) is 0.0775. The van der Waals surface area contributed by atoms with E-state index in [4.69, 9.17) is 4.42 Å². The maximum atomic E-state index is 12.9. The molecule has 1 aliphatic rings. The maximum Gasteiger partial charge on any atom is 0.417 e. The van der Waals surface area contributed by atoms with Crippen molar-refractivity contribution < 1.29 is 35.6 Å². The Balaban J connectivity index is 1.40. The standard InChI is InChI=1S/C22H17F6N3O2/c23-21(24,25)15-3-1-2-14(12-15)17-5-6-18(33-17)20(32)31-10-8-30(9-11-31)19-7-4-16(13-29-19)22(26,27)28/h1-7,12-13H,8-11H2. The maximum absolute atomic E-state index is 12.9. The van der Waals surface area contributed by atoms with Crippen LogP contribution in [0.4, 0.5) is 32.2 Å². The van der Waals surface area contributed by atoms with Crippen LogP contribution in [-0.2, 0) is 12.4 Å². The molecule has 1 amide bonds. The van der Waals surface area contributed by atoms with E-state index in [0.717, 1.165) is 24.4 Å². The van der Waals surface area contributed by atoms with Gasteiger partial charge in [-0.25, -0.2) is 4.98 Å². The minimum atomic E-state index is -4.50. The van der Waals surface area contributed by atoms with Crippen LogP contribution in [0.2, 0.25) is 0 Å². The predicted molar refractivity (Wildman–Crippen MR) is 107 cm³/mol. The van der Waals surface area contributed by atoms with Gasteiger partial charge in [-0.15, -0.1) is 0 Å².